The van der Waals surface area contributed by atoms with Crippen molar-refractivity contribution in [2.45, 2.75) is 13.0 Å². The van der Waals surface area contributed by atoms with Gasteiger partial charge in [-0.05, 0) is 36.8 Å². The Kier molecular flexibility index (Phi) is 4.86. The lowest BCUT2D eigenvalue weighted by Crippen LogP contribution is -2.21. The van der Waals surface area contributed by atoms with E-state index in [0.29, 0.717) is 22.0 Å². The van der Waals surface area contributed by atoms with Gasteiger partial charge >= 0.3 is 5.97 Å². The molecule has 26 heavy (non-hydrogen) atoms. The van der Waals surface area contributed by atoms with Gasteiger partial charge in [-0.1, -0.05) is 23.7 Å². The number of carboxylic acid groups (broad SMARTS) is 1. The van der Waals surface area contributed by atoms with Crippen molar-refractivity contribution in [3.05, 3.63) is 86.6 Å². The summed E-state index contributed by atoms with van der Waals surface area (Å²) in [6.07, 6.45) is 3.27. The predicted molar refractivity (Wildman–Crippen MR) is 101 cm³/mol. The Labute approximate surface area is 155 Å². The molecule has 3 aromatic rings. The van der Waals surface area contributed by atoms with E-state index in [9.17, 15) is 14.7 Å². The minimum absolute atomic E-state index is 0.0790. The molecule has 2 aromatic heterocycles. The lowest BCUT2D eigenvalue weighted by atomic mass is 10.0. The molecule has 0 amide bonds. The average Bonchev–Trinajstić information content (AvgIpc) is 3.08. The van der Waals surface area contributed by atoms with Crippen molar-refractivity contribution in [2.75, 3.05) is 5.32 Å². The highest BCUT2D eigenvalue weighted by atomic mass is 35.5. The highest BCUT2D eigenvalue weighted by molar-refractivity contribution is 6.30. The summed E-state index contributed by atoms with van der Waals surface area (Å²) < 4.78 is 1.49. The van der Waals surface area contributed by atoms with E-state index in [1.165, 1.54) is 10.6 Å². The summed E-state index contributed by atoms with van der Waals surface area (Å²) in [5.74, 6) is -1.02. The quantitative estimate of drug-likeness (QED) is 0.639. The second kappa shape index (κ2) is 7.09. The third-order valence-corrected chi connectivity index (χ3v) is 4.43. The Morgan fingerprint density at radius 1 is 1.27 bits per heavy atom. The third kappa shape index (κ3) is 3.50. The predicted octanol–water partition coefficient (Wildman–Crippen LogP) is 3.57. The number of carbonyl (C=O) groups is 1. The van der Waals surface area contributed by atoms with Crippen LogP contribution in [0.5, 0.6) is 0 Å². The maximum atomic E-state index is 11.9. The number of nitrogens with one attached hydrogen (secondary N) is 2. The van der Waals surface area contributed by atoms with Gasteiger partial charge in [-0.2, -0.15) is 0 Å². The Morgan fingerprint density at radius 3 is 2.58 bits per heavy atom. The minimum Gasteiger partial charge on any atom is -0.478 e. The first-order chi connectivity index (χ1) is 12.4. The van der Waals surface area contributed by atoms with Gasteiger partial charge in [-0.3, -0.25) is 4.79 Å². The largest absolute Gasteiger partial charge is 0.478 e. The molecule has 0 aliphatic carbocycles. The number of aryl methyl sites for hydroxylation is 2. The van der Waals surface area contributed by atoms with E-state index in [0.717, 1.165) is 5.56 Å². The van der Waals surface area contributed by atoms with Gasteiger partial charge in [0, 0.05) is 30.0 Å². The van der Waals surface area contributed by atoms with Gasteiger partial charge in [0.2, 0.25) is 0 Å². The monoisotopic (exact) mass is 371 g/mol. The zero-order chi connectivity index (χ0) is 18.8. The number of carboxylic acids is 1. The SMILES string of the molecule is Cc1cc(NC(c2ccc(Cl)cc2)c2[nH]ccc2C(=O)O)cn(C)c1=O. The first kappa shape index (κ1) is 17.8. The van der Waals surface area contributed by atoms with Crippen LogP contribution in [0.3, 0.4) is 0 Å². The molecule has 0 fully saturated rings. The van der Waals surface area contributed by atoms with Crippen LogP contribution in [-0.4, -0.2) is 20.6 Å². The van der Waals surface area contributed by atoms with Gasteiger partial charge < -0.3 is 20.0 Å². The molecular formula is C19H18ClN3O3. The molecule has 6 nitrogen and oxygen atoms in total. The molecule has 0 bridgehead atoms. The number of pyridine rings is 1. The summed E-state index contributed by atoms with van der Waals surface area (Å²) in [7, 11) is 1.68. The normalized spacial score (nSPS) is 12.0. The van der Waals surface area contributed by atoms with Crippen LogP contribution < -0.4 is 10.9 Å². The van der Waals surface area contributed by atoms with Crippen LogP contribution in [-0.2, 0) is 7.05 Å². The first-order valence-corrected chi connectivity index (χ1v) is 8.34. The number of rotatable bonds is 5. The smallest absolute Gasteiger partial charge is 0.337 e. The van der Waals surface area contributed by atoms with Crippen LogP contribution in [0.2, 0.25) is 5.02 Å². The number of benzene rings is 1. The maximum absolute atomic E-state index is 11.9. The number of aromatic amines is 1. The fraction of sp³-hybridized carbons (Fsp3) is 0.158. The number of hydrogen-bond donors (Lipinski definition) is 3. The number of anilines is 1. The molecule has 7 heteroatoms. The second-order valence-electron chi connectivity index (χ2n) is 6.07. The van der Waals surface area contributed by atoms with Crippen LogP contribution in [0, 0.1) is 6.92 Å². The fourth-order valence-electron chi connectivity index (χ4n) is 2.91. The van der Waals surface area contributed by atoms with E-state index in [4.69, 9.17) is 11.6 Å². The number of aromatic carboxylic acids is 1. The number of nitrogens with zero attached hydrogens (tertiary/aromatic N) is 1. The molecule has 3 rings (SSSR count). The Bertz CT molecular complexity index is 979. The molecule has 1 aromatic carbocycles. The summed E-state index contributed by atoms with van der Waals surface area (Å²) >= 11 is 5.98. The number of H-pyrrole nitrogens is 1. The van der Waals surface area contributed by atoms with Gasteiger partial charge in [0.05, 0.1) is 23.0 Å². The number of aromatic nitrogens is 2. The highest BCUT2D eigenvalue weighted by Crippen LogP contribution is 2.29. The molecule has 2 heterocycles. The van der Waals surface area contributed by atoms with Crippen LogP contribution in [0.1, 0.15) is 33.2 Å². The van der Waals surface area contributed by atoms with Gasteiger partial charge in [0.1, 0.15) is 0 Å². The van der Waals surface area contributed by atoms with Crippen LogP contribution >= 0.6 is 11.6 Å². The zero-order valence-electron chi connectivity index (χ0n) is 14.3. The summed E-state index contributed by atoms with van der Waals surface area (Å²) in [6.45, 7) is 1.74. The van der Waals surface area contributed by atoms with E-state index in [2.05, 4.69) is 10.3 Å². The Hall–Kier alpha value is -2.99. The molecule has 0 spiro atoms. The number of hydrogen-bond acceptors (Lipinski definition) is 3. The van der Waals surface area contributed by atoms with Crippen molar-refractivity contribution >= 4 is 23.3 Å². The van der Waals surface area contributed by atoms with Crippen LogP contribution in [0.25, 0.3) is 0 Å². The van der Waals surface area contributed by atoms with Gasteiger partial charge in [-0.15, -0.1) is 0 Å². The Balaban J connectivity index is 2.09. The average molecular weight is 372 g/mol. The van der Waals surface area contributed by atoms with E-state index in [-0.39, 0.29) is 11.1 Å². The molecule has 3 N–H and O–H groups in total. The summed E-state index contributed by atoms with van der Waals surface area (Å²) in [5.41, 5.74) is 2.76. The van der Waals surface area contributed by atoms with Crippen molar-refractivity contribution < 1.29 is 9.90 Å². The van der Waals surface area contributed by atoms with E-state index < -0.39 is 12.0 Å². The summed E-state index contributed by atoms with van der Waals surface area (Å²) in [6, 6.07) is 9.98. The minimum atomic E-state index is -1.02. The third-order valence-electron chi connectivity index (χ3n) is 4.17. The maximum Gasteiger partial charge on any atom is 0.337 e. The molecule has 0 saturated carbocycles. The van der Waals surface area contributed by atoms with Crippen LogP contribution in [0.15, 0.2) is 53.6 Å². The fourth-order valence-corrected chi connectivity index (χ4v) is 3.03. The van der Waals surface area contributed by atoms with Crippen molar-refractivity contribution in [1.29, 1.82) is 0 Å². The van der Waals surface area contributed by atoms with Crippen molar-refractivity contribution in [3.63, 3.8) is 0 Å². The molecule has 134 valence electrons. The molecule has 0 aliphatic heterocycles. The summed E-state index contributed by atoms with van der Waals surface area (Å²) in [4.78, 5) is 26.5. The topological polar surface area (TPSA) is 87.1 Å². The molecular weight excluding hydrogens is 354 g/mol. The lowest BCUT2D eigenvalue weighted by molar-refractivity contribution is 0.0695. The molecule has 0 saturated heterocycles. The molecule has 1 atom stereocenters. The molecule has 0 aliphatic rings. The van der Waals surface area contributed by atoms with E-state index >= 15 is 0 Å². The zero-order valence-corrected chi connectivity index (χ0v) is 15.0. The van der Waals surface area contributed by atoms with Crippen LogP contribution in [0.4, 0.5) is 5.69 Å². The van der Waals surface area contributed by atoms with Crippen molar-refractivity contribution in [3.8, 4) is 0 Å². The standard InChI is InChI=1S/C19H18ClN3O3/c1-11-9-14(10-23(2)18(11)24)22-16(12-3-5-13(20)6-4-12)17-15(19(25)26)7-8-21-17/h3-10,16,21-22H,1-2H3,(H,25,26). The first-order valence-electron chi connectivity index (χ1n) is 7.96. The highest BCUT2D eigenvalue weighted by Gasteiger charge is 2.22. The molecule has 1 unspecified atom stereocenters. The lowest BCUT2D eigenvalue weighted by Gasteiger charge is -2.21. The molecule has 0 radical (unpaired) electrons. The van der Waals surface area contributed by atoms with Crippen molar-refractivity contribution in [1.82, 2.24) is 9.55 Å². The van der Waals surface area contributed by atoms with Gasteiger partial charge in [0.25, 0.3) is 5.56 Å². The van der Waals surface area contributed by atoms with Crippen molar-refractivity contribution in [2.24, 2.45) is 7.05 Å². The Morgan fingerprint density at radius 2 is 1.96 bits per heavy atom. The van der Waals surface area contributed by atoms with Gasteiger partial charge in [-0.25, -0.2) is 4.79 Å². The van der Waals surface area contributed by atoms with E-state index in [1.807, 2.05) is 12.1 Å². The summed E-state index contributed by atoms with van der Waals surface area (Å²) in [5, 5.41) is 13.4. The second-order valence-corrected chi connectivity index (χ2v) is 6.50. The van der Waals surface area contributed by atoms with E-state index in [1.54, 1.807) is 44.6 Å². The number of halogens is 1. The van der Waals surface area contributed by atoms with Gasteiger partial charge in [0.15, 0.2) is 0 Å².